The minimum Gasteiger partial charge on any atom is -0.383 e. The summed E-state index contributed by atoms with van der Waals surface area (Å²) in [6, 6.07) is 0.377. The van der Waals surface area contributed by atoms with Crippen LogP contribution in [0.25, 0.3) is 11.2 Å². The predicted octanol–water partition coefficient (Wildman–Crippen LogP) is 2.65. The molecular weight excluding hydrogens is 278 g/mol. The number of methoxy groups -OCH3 is 1. The number of aromatic amines is 1. The highest BCUT2D eigenvalue weighted by Gasteiger charge is 2.21. The van der Waals surface area contributed by atoms with E-state index in [1.807, 2.05) is 0 Å². The molecule has 0 aliphatic heterocycles. The van der Waals surface area contributed by atoms with Gasteiger partial charge in [0, 0.05) is 19.7 Å². The summed E-state index contributed by atoms with van der Waals surface area (Å²) in [5.41, 5.74) is 1.41. The van der Waals surface area contributed by atoms with Crippen molar-refractivity contribution in [1.82, 2.24) is 19.9 Å². The van der Waals surface area contributed by atoms with Gasteiger partial charge in [0.05, 0.1) is 12.9 Å². The van der Waals surface area contributed by atoms with Crippen LogP contribution in [0.15, 0.2) is 6.33 Å². The number of imidazole rings is 1. The van der Waals surface area contributed by atoms with E-state index in [4.69, 9.17) is 16.3 Å². The minimum atomic E-state index is 0.216. The van der Waals surface area contributed by atoms with E-state index < -0.39 is 0 Å². The summed E-state index contributed by atoms with van der Waals surface area (Å²) in [5.74, 6) is 0.795. The van der Waals surface area contributed by atoms with Crippen molar-refractivity contribution < 1.29 is 4.74 Å². The van der Waals surface area contributed by atoms with Crippen molar-refractivity contribution in [2.24, 2.45) is 0 Å². The topological polar surface area (TPSA) is 66.9 Å². The summed E-state index contributed by atoms with van der Waals surface area (Å²) in [6.07, 6.45) is 3.66. The summed E-state index contributed by atoms with van der Waals surface area (Å²) in [7, 11) is 1.70. The maximum absolute atomic E-state index is 6.02. The molecule has 0 aliphatic rings. The Kier molecular flexibility index (Phi) is 5.14. The van der Waals surface area contributed by atoms with Crippen LogP contribution in [0, 0.1) is 0 Å². The van der Waals surface area contributed by atoms with Crippen molar-refractivity contribution in [3.8, 4) is 0 Å². The van der Waals surface area contributed by atoms with Crippen molar-refractivity contribution in [1.29, 1.82) is 0 Å². The molecule has 0 spiro atoms. The largest absolute Gasteiger partial charge is 0.383 e. The molecule has 2 aromatic rings. The minimum absolute atomic E-state index is 0.216. The Balaban J connectivity index is 2.46. The summed E-state index contributed by atoms with van der Waals surface area (Å²) in [6.45, 7) is 5.72. The molecule has 0 aliphatic carbocycles. The van der Waals surface area contributed by atoms with Gasteiger partial charge in [-0.3, -0.25) is 0 Å². The maximum atomic E-state index is 6.02. The smallest absolute Gasteiger partial charge is 0.226 e. The quantitative estimate of drug-likeness (QED) is 0.796. The Morgan fingerprint density at radius 1 is 1.35 bits per heavy atom. The van der Waals surface area contributed by atoms with Gasteiger partial charge in [0.15, 0.2) is 11.5 Å². The molecule has 0 saturated carbocycles. The number of H-pyrrole nitrogens is 1. The van der Waals surface area contributed by atoms with Crippen LogP contribution in [-0.4, -0.2) is 46.2 Å². The molecule has 2 rings (SSSR count). The zero-order valence-corrected chi connectivity index (χ0v) is 12.8. The number of ether oxygens (including phenoxy) is 1. The lowest BCUT2D eigenvalue weighted by Crippen LogP contribution is -2.38. The summed E-state index contributed by atoms with van der Waals surface area (Å²) >= 11 is 6.02. The lowest BCUT2D eigenvalue weighted by Gasteiger charge is -2.31. The lowest BCUT2D eigenvalue weighted by atomic mass is 10.1. The third kappa shape index (κ3) is 3.02. The number of rotatable bonds is 7. The second-order valence-corrected chi connectivity index (χ2v) is 4.91. The van der Waals surface area contributed by atoms with E-state index in [-0.39, 0.29) is 5.28 Å². The summed E-state index contributed by atoms with van der Waals surface area (Å²) in [5, 5.41) is 0.216. The summed E-state index contributed by atoms with van der Waals surface area (Å²) < 4.78 is 5.21. The normalized spacial score (nSPS) is 11.4. The number of halogens is 1. The molecule has 0 aromatic carbocycles. The Hall–Kier alpha value is -1.40. The second-order valence-electron chi connectivity index (χ2n) is 4.57. The van der Waals surface area contributed by atoms with Gasteiger partial charge in [-0.15, -0.1) is 0 Å². The van der Waals surface area contributed by atoms with E-state index in [1.165, 1.54) is 0 Å². The van der Waals surface area contributed by atoms with Gasteiger partial charge in [0.25, 0.3) is 0 Å². The number of fused-ring (bicyclic) bond motifs is 1. The highest BCUT2D eigenvalue weighted by Crippen LogP contribution is 2.26. The molecule has 7 heteroatoms. The van der Waals surface area contributed by atoms with Crippen molar-refractivity contribution in [2.45, 2.75) is 32.7 Å². The van der Waals surface area contributed by atoms with E-state index in [9.17, 15) is 0 Å². The average molecular weight is 298 g/mol. The molecule has 0 radical (unpaired) electrons. The standard InChI is InChI=1S/C13H20ClN5O/c1-4-9(5-2)19(6-7-20-3)12-10-11(16-8-15-10)17-13(14)18-12/h8-9H,4-7H2,1-3H3,(H,15,16,17,18). The van der Waals surface area contributed by atoms with Gasteiger partial charge < -0.3 is 14.6 Å². The highest BCUT2D eigenvalue weighted by molar-refractivity contribution is 6.28. The van der Waals surface area contributed by atoms with Gasteiger partial charge in [0.1, 0.15) is 5.52 Å². The Morgan fingerprint density at radius 2 is 2.10 bits per heavy atom. The SMILES string of the molecule is CCC(CC)N(CCOC)c1nc(Cl)nc2nc[nH]c12. The number of nitrogens with one attached hydrogen (secondary N) is 1. The van der Waals surface area contributed by atoms with Crippen LogP contribution in [0.3, 0.4) is 0 Å². The number of nitrogens with zero attached hydrogens (tertiary/aromatic N) is 4. The zero-order chi connectivity index (χ0) is 14.5. The van der Waals surface area contributed by atoms with Gasteiger partial charge in [-0.2, -0.15) is 9.97 Å². The maximum Gasteiger partial charge on any atom is 0.226 e. The molecule has 2 aromatic heterocycles. The molecule has 20 heavy (non-hydrogen) atoms. The van der Waals surface area contributed by atoms with Gasteiger partial charge >= 0.3 is 0 Å². The Morgan fingerprint density at radius 3 is 2.75 bits per heavy atom. The molecule has 0 unspecified atom stereocenters. The highest BCUT2D eigenvalue weighted by atomic mass is 35.5. The van der Waals surface area contributed by atoms with Crippen LogP contribution in [0.4, 0.5) is 5.82 Å². The van der Waals surface area contributed by atoms with Crippen LogP contribution < -0.4 is 4.90 Å². The monoisotopic (exact) mass is 297 g/mol. The second kappa shape index (κ2) is 6.85. The zero-order valence-electron chi connectivity index (χ0n) is 12.1. The van der Waals surface area contributed by atoms with Crippen molar-refractivity contribution in [2.75, 3.05) is 25.2 Å². The Labute approximate surface area is 123 Å². The first-order valence-corrected chi connectivity index (χ1v) is 7.21. The van der Waals surface area contributed by atoms with Gasteiger partial charge in [-0.25, -0.2) is 4.98 Å². The van der Waals surface area contributed by atoms with Crippen LogP contribution in [0.5, 0.6) is 0 Å². The van der Waals surface area contributed by atoms with E-state index in [1.54, 1.807) is 13.4 Å². The molecular formula is C13H20ClN5O. The third-order valence-electron chi connectivity index (χ3n) is 3.43. The number of hydrogen-bond donors (Lipinski definition) is 1. The van der Waals surface area contributed by atoms with Gasteiger partial charge in [0.2, 0.25) is 5.28 Å². The van der Waals surface area contributed by atoms with E-state index in [2.05, 4.69) is 38.7 Å². The molecule has 110 valence electrons. The van der Waals surface area contributed by atoms with Crippen molar-refractivity contribution in [3.05, 3.63) is 11.6 Å². The number of aromatic nitrogens is 4. The predicted molar refractivity (Wildman–Crippen MR) is 80.3 cm³/mol. The van der Waals surface area contributed by atoms with Gasteiger partial charge in [-0.1, -0.05) is 13.8 Å². The first-order valence-electron chi connectivity index (χ1n) is 6.83. The third-order valence-corrected chi connectivity index (χ3v) is 3.60. The number of anilines is 1. The fraction of sp³-hybridized carbons (Fsp3) is 0.615. The average Bonchev–Trinajstić information content (AvgIpc) is 2.90. The van der Waals surface area contributed by atoms with E-state index in [0.29, 0.717) is 18.3 Å². The van der Waals surface area contributed by atoms with Crippen molar-refractivity contribution >= 4 is 28.6 Å². The first kappa shape index (κ1) is 15.0. The fourth-order valence-electron chi connectivity index (χ4n) is 2.38. The van der Waals surface area contributed by atoms with Crippen molar-refractivity contribution in [3.63, 3.8) is 0 Å². The summed E-state index contributed by atoms with van der Waals surface area (Å²) in [4.78, 5) is 18.0. The first-order chi connectivity index (χ1) is 9.71. The van der Waals surface area contributed by atoms with E-state index >= 15 is 0 Å². The fourth-order valence-corrected chi connectivity index (χ4v) is 2.54. The molecule has 0 atom stereocenters. The van der Waals surface area contributed by atoms with E-state index in [0.717, 1.165) is 30.7 Å². The molecule has 1 N–H and O–H groups in total. The lowest BCUT2D eigenvalue weighted by molar-refractivity contribution is 0.202. The van der Waals surface area contributed by atoms with Crippen LogP contribution >= 0.6 is 11.6 Å². The Bertz CT molecular complexity index is 555. The van der Waals surface area contributed by atoms with Crippen LogP contribution in [-0.2, 0) is 4.74 Å². The number of hydrogen-bond acceptors (Lipinski definition) is 5. The van der Waals surface area contributed by atoms with Crippen LogP contribution in [0.2, 0.25) is 5.28 Å². The molecule has 6 nitrogen and oxygen atoms in total. The van der Waals surface area contributed by atoms with Gasteiger partial charge in [-0.05, 0) is 24.4 Å². The molecule has 0 amide bonds. The molecule has 0 bridgehead atoms. The molecule has 0 fully saturated rings. The van der Waals surface area contributed by atoms with Crippen LogP contribution in [0.1, 0.15) is 26.7 Å². The molecule has 2 heterocycles. The molecule has 0 saturated heterocycles.